The maximum absolute atomic E-state index is 11.3. The van der Waals surface area contributed by atoms with Gasteiger partial charge in [0.1, 0.15) is 24.2 Å². The van der Waals surface area contributed by atoms with Gasteiger partial charge in [0.05, 0.1) is 11.4 Å². The summed E-state index contributed by atoms with van der Waals surface area (Å²) < 4.78 is 5.69. The first-order chi connectivity index (χ1) is 16.1. The van der Waals surface area contributed by atoms with Crippen molar-refractivity contribution in [2.24, 2.45) is 0 Å². The van der Waals surface area contributed by atoms with Crippen LogP contribution in [0.2, 0.25) is 0 Å². The molecule has 2 aromatic carbocycles. The Morgan fingerprint density at radius 1 is 1.09 bits per heavy atom. The highest BCUT2D eigenvalue weighted by Gasteiger charge is 2.17. The fraction of sp³-hybridized carbons (Fsp3) is 0.231. The van der Waals surface area contributed by atoms with Crippen LogP contribution >= 0.6 is 11.8 Å². The lowest BCUT2D eigenvalue weighted by Crippen LogP contribution is -2.19. The third-order valence-electron chi connectivity index (χ3n) is 4.83. The van der Waals surface area contributed by atoms with E-state index in [1.165, 1.54) is 11.8 Å². The van der Waals surface area contributed by atoms with Crippen LogP contribution in [-0.4, -0.2) is 40.3 Å². The molecule has 0 amide bonds. The van der Waals surface area contributed by atoms with Crippen molar-refractivity contribution in [3.8, 4) is 17.0 Å². The van der Waals surface area contributed by atoms with E-state index in [0.29, 0.717) is 31.1 Å². The van der Waals surface area contributed by atoms with Crippen LogP contribution in [0.15, 0.2) is 79.5 Å². The number of aromatic nitrogens is 1. The van der Waals surface area contributed by atoms with Crippen molar-refractivity contribution >= 4 is 23.4 Å². The molecule has 1 heterocycles. The molecule has 0 radical (unpaired) electrons. The molecule has 0 saturated carbocycles. The zero-order valence-electron chi connectivity index (χ0n) is 18.6. The average Bonchev–Trinajstić information content (AvgIpc) is 2.85. The minimum Gasteiger partial charge on any atom is -0.491 e. The van der Waals surface area contributed by atoms with Gasteiger partial charge in [-0.25, -0.2) is 0 Å². The lowest BCUT2D eigenvalue weighted by atomic mass is 10.1. The molecule has 172 valence electrons. The second-order valence-electron chi connectivity index (χ2n) is 7.20. The number of nitrogens with zero attached hydrogens (tertiary/aromatic N) is 1. The lowest BCUT2D eigenvalue weighted by Gasteiger charge is -2.13. The molecule has 2 N–H and O–H groups in total. The zero-order valence-corrected chi connectivity index (χ0v) is 19.4. The number of nitrogens with one attached hydrogen (secondary N) is 1. The summed E-state index contributed by atoms with van der Waals surface area (Å²) in [5.41, 5.74) is 7.36. The van der Waals surface area contributed by atoms with Crippen LogP contribution < -0.4 is 10.2 Å². The van der Waals surface area contributed by atoms with Crippen LogP contribution in [0, 0.1) is 0 Å². The Hall–Kier alpha value is -3.29. The van der Waals surface area contributed by atoms with Crippen LogP contribution in [0.25, 0.3) is 17.0 Å². The maximum Gasteiger partial charge on any atom is 0.316 e. The number of carboxylic acids is 1. The minimum absolute atomic E-state index is 0.334. The van der Waals surface area contributed by atoms with Gasteiger partial charge < -0.3 is 9.84 Å². The van der Waals surface area contributed by atoms with E-state index in [0.717, 1.165) is 28.1 Å². The molecule has 0 aliphatic carbocycles. The number of pyridine rings is 1. The van der Waals surface area contributed by atoms with Crippen LogP contribution in [0.3, 0.4) is 0 Å². The topological polar surface area (TPSA) is 80.7 Å². The molecule has 33 heavy (non-hydrogen) atoms. The van der Waals surface area contributed by atoms with E-state index >= 15 is 0 Å². The summed E-state index contributed by atoms with van der Waals surface area (Å²) in [6.07, 6.45) is 2.27. The van der Waals surface area contributed by atoms with E-state index in [9.17, 15) is 9.90 Å². The Balaban J connectivity index is 1.38. The van der Waals surface area contributed by atoms with Crippen molar-refractivity contribution < 1.29 is 19.5 Å². The Morgan fingerprint density at radius 2 is 1.85 bits per heavy atom. The molecule has 1 unspecified atom stereocenters. The van der Waals surface area contributed by atoms with E-state index in [-0.39, 0.29) is 0 Å². The number of rotatable bonds is 13. The molecule has 0 aliphatic heterocycles. The molecule has 0 spiro atoms. The molecular formula is C26H28N2O4S. The van der Waals surface area contributed by atoms with Crippen molar-refractivity contribution in [2.75, 3.05) is 19.0 Å². The molecule has 0 bridgehead atoms. The first-order valence-corrected chi connectivity index (χ1v) is 11.8. The predicted octanol–water partition coefficient (Wildman–Crippen LogP) is 5.07. The van der Waals surface area contributed by atoms with Crippen molar-refractivity contribution in [2.45, 2.75) is 18.6 Å². The number of hydroxylamine groups is 1. The summed E-state index contributed by atoms with van der Waals surface area (Å²) in [4.78, 5) is 21.1. The molecule has 0 aliphatic rings. The summed E-state index contributed by atoms with van der Waals surface area (Å²) in [6, 6.07) is 21.2. The lowest BCUT2D eigenvalue weighted by molar-refractivity contribution is -0.136. The molecule has 3 rings (SSSR count). The summed E-state index contributed by atoms with van der Waals surface area (Å²) >= 11 is 1.44. The Labute approximate surface area is 198 Å². The molecule has 1 atom stereocenters. The van der Waals surface area contributed by atoms with Gasteiger partial charge in [0, 0.05) is 11.8 Å². The average molecular weight is 465 g/mol. The highest BCUT2D eigenvalue weighted by Crippen LogP contribution is 2.20. The molecule has 0 fully saturated rings. The Morgan fingerprint density at radius 3 is 2.48 bits per heavy atom. The fourth-order valence-electron chi connectivity index (χ4n) is 3.13. The molecule has 0 saturated heterocycles. The number of thioether (sulfide) groups is 1. The number of carboxylic acid groups (broad SMARTS) is 1. The van der Waals surface area contributed by atoms with Crippen molar-refractivity contribution in [3.05, 3.63) is 90.6 Å². The number of carbonyl (C=O) groups is 1. The van der Waals surface area contributed by atoms with Crippen molar-refractivity contribution in [1.82, 2.24) is 10.5 Å². The maximum atomic E-state index is 11.3. The molecule has 7 heteroatoms. The number of hydrogen-bond acceptors (Lipinski definition) is 6. The van der Waals surface area contributed by atoms with Crippen LogP contribution in [0.4, 0.5) is 0 Å². The number of hydrogen-bond donors (Lipinski definition) is 2. The normalized spacial score (nSPS) is 11.5. The molecule has 1 aromatic heterocycles. The first-order valence-electron chi connectivity index (χ1n) is 10.7. The fourth-order valence-corrected chi connectivity index (χ4v) is 3.98. The van der Waals surface area contributed by atoms with Gasteiger partial charge in [-0.2, -0.15) is 0 Å². The quantitative estimate of drug-likeness (QED) is 0.270. The summed E-state index contributed by atoms with van der Waals surface area (Å²) in [6.45, 7) is 6.66. The van der Waals surface area contributed by atoms with Crippen LogP contribution in [-0.2, 0) is 16.1 Å². The van der Waals surface area contributed by atoms with Gasteiger partial charge in [0.2, 0.25) is 0 Å². The van der Waals surface area contributed by atoms with Gasteiger partial charge in [-0.15, -0.1) is 11.8 Å². The number of ether oxygens (including phenoxy) is 1. The monoisotopic (exact) mass is 464 g/mol. The van der Waals surface area contributed by atoms with Gasteiger partial charge in [-0.3, -0.25) is 20.1 Å². The number of benzene rings is 2. The second kappa shape index (κ2) is 12.7. The van der Waals surface area contributed by atoms with Gasteiger partial charge >= 0.3 is 5.97 Å². The number of aliphatic carboxylic acids is 1. The van der Waals surface area contributed by atoms with E-state index in [4.69, 9.17) is 9.57 Å². The molecule has 3 aromatic rings. The Kier molecular flexibility index (Phi) is 9.35. The first kappa shape index (κ1) is 24.4. The summed E-state index contributed by atoms with van der Waals surface area (Å²) in [7, 11) is 0. The van der Waals surface area contributed by atoms with Gasteiger partial charge in [-0.1, -0.05) is 56.0 Å². The van der Waals surface area contributed by atoms with Gasteiger partial charge in [-0.05, 0) is 47.6 Å². The zero-order chi connectivity index (χ0) is 23.5. The molecule has 6 nitrogen and oxygen atoms in total. The summed E-state index contributed by atoms with van der Waals surface area (Å²) in [5.74, 6) is 0.702. The predicted molar refractivity (Wildman–Crippen MR) is 133 cm³/mol. The Bertz CT molecular complexity index is 1020. The molecular weight excluding hydrogens is 436 g/mol. The minimum atomic E-state index is -0.780. The van der Waals surface area contributed by atoms with Gasteiger partial charge in [0.25, 0.3) is 0 Å². The van der Waals surface area contributed by atoms with E-state index in [2.05, 4.69) is 17.0 Å². The standard InChI is InChI=1S/C26H28N2O4S/c1-3-33-25(26(29)30)18-20-7-13-23(14-8-20)31-16-17-32-28-19(2)21-9-11-22(12-10-21)24-6-4-5-15-27-24/h4-15,25,28H,2-3,16-18H2,1H3,(H,29,30). The smallest absolute Gasteiger partial charge is 0.316 e. The third kappa shape index (κ3) is 7.66. The highest BCUT2D eigenvalue weighted by atomic mass is 32.2. The van der Waals surface area contributed by atoms with E-state index < -0.39 is 11.2 Å². The van der Waals surface area contributed by atoms with E-state index in [1.54, 1.807) is 6.20 Å². The van der Waals surface area contributed by atoms with Crippen LogP contribution in [0.1, 0.15) is 18.1 Å². The van der Waals surface area contributed by atoms with E-state index in [1.807, 2.05) is 73.7 Å². The highest BCUT2D eigenvalue weighted by molar-refractivity contribution is 8.00. The second-order valence-corrected chi connectivity index (χ2v) is 8.68. The van der Waals surface area contributed by atoms with Crippen molar-refractivity contribution in [1.29, 1.82) is 0 Å². The largest absolute Gasteiger partial charge is 0.491 e. The van der Waals surface area contributed by atoms with Crippen molar-refractivity contribution in [3.63, 3.8) is 0 Å². The SMILES string of the molecule is C=C(NOCCOc1ccc(CC(SCC)C(=O)O)cc1)c1ccc(-c2ccccn2)cc1. The van der Waals surface area contributed by atoms with Gasteiger partial charge in [0.15, 0.2) is 0 Å². The van der Waals surface area contributed by atoms with Crippen LogP contribution in [0.5, 0.6) is 5.75 Å². The summed E-state index contributed by atoms with van der Waals surface area (Å²) in [5, 5.41) is 8.85. The third-order valence-corrected chi connectivity index (χ3v) is 5.94.